The number of aryl methyl sites for hydroxylation is 2. The number of ether oxygens (including phenoxy) is 1. The van der Waals surface area contributed by atoms with Crippen LogP contribution in [-0.2, 0) is 10.0 Å². The van der Waals surface area contributed by atoms with E-state index >= 15 is 0 Å². The highest BCUT2D eigenvalue weighted by Crippen LogP contribution is 2.25. The molecule has 0 spiro atoms. The number of hydrogen-bond donors (Lipinski definition) is 2. The lowest BCUT2D eigenvalue weighted by Gasteiger charge is -2.14. The van der Waals surface area contributed by atoms with Gasteiger partial charge in [0, 0.05) is 11.7 Å². The lowest BCUT2D eigenvalue weighted by Crippen LogP contribution is -2.30. The van der Waals surface area contributed by atoms with Crippen LogP contribution < -0.4 is 14.8 Å². The van der Waals surface area contributed by atoms with Gasteiger partial charge in [-0.15, -0.1) is 0 Å². The van der Waals surface area contributed by atoms with Crippen molar-refractivity contribution < 1.29 is 17.9 Å². The van der Waals surface area contributed by atoms with Crippen LogP contribution in [0.2, 0.25) is 0 Å². The Hall–Kier alpha value is -2.54. The average molecular weight is 376 g/mol. The smallest absolute Gasteiger partial charge is 0.261 e. The number of anilines is 1. The van der Waals surface area contributed by atoms with Crippen LogP contribution in [0.15, 0.2) is 41.3 Å². The van der Waals surface area contributed by atoms with E-state index in [0.29, 0.717) is 11.4 Å². The molecule has 2 aromatic rings. The quantitative estimate of drug-likeness (QED) is 0.810. The molecular formula is C19H24N2O4S. The fourth-order valence-corrected chi connectivity index (χ4v) is 3.69. The molecule has 0 aliphatic heterocycles. The molecule has 2 aromatic carbocycles. The molecule has 0 unspecified atom stereocenters. The van der Waals surface area contributed by atoms with E-state index in [0.717, 1.165) is 11.1 Å². The number of sulfonamides is 1. The molecule has 7 heteroatoms. The van der Waals surface area contributed by atoms with Crippen LogP contribution in [0.25, 0.3) is 0 Å². The van der Waals surface area contributed by atoms with Crippen molar-refractivity contribution in [3.8, 4) is 5.75 Å². The standard InChI is InChI=1S/C19H24N2O4S/c1-12(2)20-19(22)17-11-16(6-7-18(17)25-5)26(23,24)21-15-9-13(3)8-14(4)10-15/h6-12,21H,1-5H3,(H,20,22). The van der Waals surface area contributed by atoms with Gasteiger partial charge in [-0.2, -0.15) is 0 Å². The van der Waals surface area contributed by atoms with E-state index < -0.39 is 10.0 Å². The van der Waals surface area contributed by atoms with Crippen LogP contribution in [0, 0.1) is 13.8 Å². The number of carbonyl (C=O) groups is 1. The summed E-state index contributed by atoms with van der Waals surface area (Å²) in [5, 5.41) is 2.74. The van der Waals surface area contributed by atoms with Gasteiger partial charge in [0.05, 0.1) is 17.6 Å². The third kappa shape index (κ3) is 4.76. The molecule has 0 aliphatic rings. The van der Waals surface area contributed by atoms with Crippen molar-refractivity contribution in [1.82, 2.24) is 5.32 Å². The maximum Gasteiger partial charge on any atom is 0.261 e. The van der Waals surface area contributed by atoms with Crippen molar-refractivity contribution in [3.63, 3.8) is 0 Å². The third-order valence-corrected chi connectivity index (χ3v) is 5.00. The van der Waals surface area contributed by atoms with E-state index in [1.54, 1.807) is 12.1 Å². The zero-order valence-electron chi connectivity index (χ0n) is 15.6. The molecule has 0 saturated carbocycles. The number of methoxy groups -OCH3 is 1. The number of rotatable bonds is 6. The first-order chi connectivity index (χ1) is 12.1. The number of nitrogens with one attached hydrogen (secondary N) is 2. The first-order valence-electron chi connectivity index (χ1n) is 8.22. The highest BCUT2D eigenvalue weighted by Gasteiger charge is 2.20. The summed E-state index contributed by atoms with van der Waals surface area (Å²) in [5.74, 6) is -0.0752. The third-order valence-electron chi connectivity index (χ3n) is 3.62. The van der Waals surface area contributed by atoms with Crippen molar-refractivity contribution in [1.29, 1.82) is 0 Å². The second-order valence-corrected chi connectivity index (χ2v) is 8.15. The van der Waals surface area contributed by atoms with Gasteiger partial charge in [0.15, 0.2) is 0 Å². The van der Waals surface area contributed by atoms with Gasteiger partial charge in [-0.1, -0.05) is 6.07 Å². The Morgan fingerprint density at radius 1 is 1.04 bits per heavy atom. The Labute approximate surface area is 154 Å². The molecule has 0 heterocycles. The minimum absolute atomic E-state index is 0.00800. The summed E-state index contributed by atoms with van der Waals surface area (Å²) in [4.78, 5) is 12.3. The normalized spacial score (nSPS) is 11.3. The van der Waals surface area contributed by atoms with Crippen molar-refractivity contribution in [2.24, 2.45) is 0 Å². The van der Waals surface area contributed by atoms with E-state index in [2.05, 4.69) is 10.0 Å². The predicted molar refractivity (Wildman–Crippen MR) is 102 cm³/mol. The van der Waals surface area contributed by atoms with Gasteiger partial charge >= 0.3 is 0 Å². The molecule has 0 radical (unpaired) electrons. The monoisotopic (exact) mass is 376 g/mol. The lowest BCUT2D eigenvalue weighted by molar-refractivity contribution is 0.0940. The highest BCUT2D eigenvalue weighted by molar-refractivity contribution is 7.92. The fraction of sp³-hybridized carbons (Fsp3) is 0.316. The molecular weight excluding hydrogens is 352 g/mol. The van der Waals surface area contributed by atoms with Gasteiger partial charge in [0.25, 0.3) is 15.9 Å². The maximum absolute atomic E-state index is 12.7. The predicted octanol–water partition coefficient (Wildman–Crippen LogP) is 3.25. The van der Waals surface area contributed by atoms with Crippen LogP contribution in [-0.4, -0.2) is 27.5 Å². The van der Waals surface area contributed by atoms with Crippen molar-refractivity contribution in [2.45, 2.75) is 38.6 Å². The topological polar surface area (TPSA) is 84.5 Å². The Morgan fingerprint density at radius 2 is 1.65 bits per heavy atom. The van der Waals surface area contributed by atoms with E-state index in [1.807, 2.05) is 33.8 Å². The molecule has 6 nitrogen and oxygen atoms in total. The van der Waals surface area contributed by atoms with E-state index in [9.17, 15) is 13.2 Å². The second-order valence-electron chi connectivity index (χ2n) is 6.47. The number of benzene rings is 2. The zero-order valence-corrected chi connectivity index (χ0v) is 16.4. The summed E-state index contributed by atoms with van der Waals surface area (Å²) in [5.41, 5.74) is 2.56. The van der Waals surface area contributed by atoms with Gasteiger partial charge in [-0.3, -0.25) is 9.52 Å². The molecule has 2 N–H and O–H groups in total. The molecule has 0 atom stereocenters. The van der Waals surface area contributed by atoms with Crippen molar-refractivity contribution >= 4 is 21.6 Å². The minimum atomic E-state index is -3.84. The molecule has 0 aromatic heterocycles. The largest absolute Gasteiger partial charge is 0.496 e. The van der Waals surface area contributed by atoms with Crippen LogP contribution in [0.1, 0.15) is 35.3 Å². The van der Waals surface area contributed by atoms with E-state index in [4.69, 9.17) is 4.74 Å². The molecule has 0 saturated heterocycles. The Morgan fingerprint density at radius 3 is 2.19 bits per heavy atom. The Bertz CT molecular complexity index is 901. The fourth-order valence-electron chi connectivity index (χ4n) is 2.62. The molecule has 140 valence electrons. The molecule has 0 aliphatic carbocycles. The van der Waals surface area contributed by atoms with Crippen LogP contribution in [0.3, 0.4) is 0 Å². The highest BCUT2D eigenvalue weighted by atomic mass is 32.2. The van der Waals surface area contributed by atoms with Crippen molar-refractivity contribution in [3.05, 3.63) is 53.1 Å². The molecule has 26 heavy (non-hydrogen) atoms. The van der Waals surface area contributed by atoms with E-state index in [1.165, 1.54) is 25.3 Å². The molecule has 0 fully saturated rings. The minimum Gasteiger partial charge on any atom is -0.496 e. The summed E-state index contributed by atoms with van der Waals surface area (Å²) in [6.45, 7) is 7.44. The van der Waals surface area contributed by atoms with Crippen molar-refractivity contribution in [2.75, 3.05) is 11.8 Å². The summed E-state index contributed by atoms with van der Waals surface area (Å²) < 4.78 is 33.2. The van der Waals surface area contributed by atoms with Gasteiger partial charge < -0.3 is 10.1 Å². The molecule has 2 rings (SSSR count). The first kappa shape index (κ1) is 19.8. The number of carbonyl (C=O) groups excluding carboxylic acids is 1. The zero-order chi connectivity index (χ0) is 19.5. The van der Waals surface area contributed by atoms with Gasteiger partial charge in [0.2, 0.25) is 0 Å². The maximum atomic E-state index is 12.7. The number of hydrogen-bond acceptors (Lipinski definition) is 4. The number of amides is 1. The SMILES string of the molecule is COc1ccc(S(=O)(=O)Nc2cc(C)cc(C)c2)cc1C(=O)NC(C)C. The Kier molecular flexibility index (Phi) is 5.92. The summed E-state index contributed by atoms with van der Waals surface area (Å²) >= 11 is 0. The summed E-state index contributed by atoms with van der Waals surface area (Å²) in [6.07, 6.45) is 0. The molecule has 1 amide bonds. The van der Waals surface area contributed by atoms with Gasteiger partial charge in [-0.25, -0.2) is 8.42 Å². The van der Waals surface area contributed by atoms with E-state index in [-0.39, 0.29) is 22.4 Å². The van der Waals surface area contributed by atoms with Crippen LogP contribution in [0.5, 0.6) is 5.75 Å². The lowest BCUT2D eigenvalue weighted by atomic mass is 10.1. The van der Waals surface area contributed by atoms with Crippen LogP contribution in [0.4, 0.5) is 5.69 Å². The Balaban J connectivity index is 2.41. The second kappa shape index (κ2) is 7.78. The van der Waals surface area contributed by atoms with Gasteiger partial charge in [0.1, 0.15) is 5.75 Å². The molecule has 0 bridgehead atoms. The van der Waals surface area contributed by atoms with Crippen LogP contribution >= 0.6 is 0 Å². The summed E-state index contributed by atoms with van der Waals surface area (Å²) in [6, 6.07) is 9.59. The summed E-state index contributed by atoms with van der Waals surface area (Å²) in [7, 11) is -2.41. The first-order valence-corrected chi connectivity index (χ1v) is 9.70. The average Bonchev–Trinajstić information content (AvgIpc) is 2.52. The van der Waals surface area contributed by atoms with Gasteiger partial charge in [-0.05, 0) is 69.2 Å².